The molecule has 2 aliphatic carbocycles. The second-order valence-electron chi connectivity index (χ2n) is 6.40. The number of benzene rings is 1. The minimum absolute atomic E-state index is 0.0507. The lowest BCUT2D eigenvalue weighted by Gasteiger charge is -2.28. The van der Waals surface area contributed by atoms with E-state index in [1.165, 1.54) is 12.8 Å². The van der Waals surface area contributed by atoms with Crippen LogP contribution in [0.5, 0.6) is 0 Å². The molecule has 4 rings (SSSR count). The van der Waals surface area contributed by atoms with Crippen LogP contribution in [-0.2, 0) is 0 Å². The summed E-state index contributed by atoms with van der Waals surface area (Å²) in [5.74, 6) is 0. The Balaban J connectivity index is 1.45. The molecule has 1 aromatic carbocycles. The Bertz CT molecular complexity index is 606. The molecule has 21 heavy (non-hydrogen) atoms. The van der Waals surface area contributed by atoms with Crippen LogP contribution < -0.4 is 5.32 Å². The molecule has 0 aliphatic heterocycles. The van der Waals surface area contributed by atoms with Crippen LogP contribution in [0.4, 0.5) is 0 Å². The van der Waals surface area contributed by atoms with Crippen molar-refractivity contribution in [3.63, 3.8) is 0 Å². The Morgan fingerprint density at radius 1 is 1.33 bits per heavy atom. The van der Waals surface area contributed by atoms with Crippen LogP contribution in [0.3, 0.4) is 0 Å². The maximum absolute atomic E-state index is 9.80. The number of aromatic nitrogens is 2. The van der Waals surface area contributed by atoms with Gasteiger partial charge in [0.2, 0.25) is 0 Å². The standard InChI is InChI=1S/C16H21N3OS/c20-10-16(19-11-5-6-11)8-7-12(9-16)21-15-17-13-3-1-2-4-14(13)18-15/h1-4,11-12,19-20H,5-10H2,(H,17,18). The van der Waals surface area contributed by atoms with E-state index in [1.54, 1.807) is 0 Å². The molecule has 0 radical (unpaired) electrons. The number of para-hydroxylation sites is 2. The summed E-state index contributed by atoms with van der Waals surface area (Å²) in [6.07, 6.45) is 5.77. The lowest BCUT2D eigenvalue weighted by molar-refractivity contribution is 0.163. The van der Waals surface area contributed by atoms with Crippen LogP contribution in [-0.4, -0.2) is 38.5 Å². The van der Waals surface area contributed by atoms with Crippen LogP contribution >= 0.6 is 11.8 Å². The first-order chi connectivity index (χ1) is 10.3. The van der Waals surface area contributed by atoms with Crippen molar-refractivity contribution in [3.05, 3.63) is 24.3 Å². The predicted molar refractivity (Wildman–Crippen MR) is 85.6 cm³/mol. The molecule has 2 aromatic rings. The minimum atomic E-state index is -0.0507. The van der Waals surface area contributed by atoms with Crippen molar-refractivity contribution in [1.82, 2.24) is 15.3 Å². The van der Waals surface area contributed by atoms with E-state index in [0.717, 1.165) is 35.5 Å². The summed E-state index contributed by atoms with van der Waals surface area (Å²) in [7, 11) is 0. The number of rotatable bonds is 5. The third-order valence-electron chi connectivity index (χ3n) is 4.60. The second-order valence-corrected chi connectivity index (χ2v) is 7.69. The number of imidazole rings is 1. The molecule has 112 valence electrons. The van der Waals surface area contributed by atoms with Crippen LogP contribution in [0.2, 0.25) is 0 Å². The monoisotopic (exact) mass is 303 g/mol. The predicted octanol–water partition coefficient (Wildman–Crippen LogP) is 2.69. The van der Waals surface area contributed by atoms with Gasteiger partial charge >= 0.3 is 0 Å². The van der Waals surface area contributed by atoms with E-state index in [1.807, 2.05) is 30.0 Å². The third kappa shape index (κ3) is 2.82. The topological polar surface area (TPSA) is 60.9 Å². The van der Waals surface area contributed by atoms with Crippen molar-refractivity contribution >= 4 is 22.8 Å². The molecule has 0 spiro atoms. The number of hydrogen-bond acceptors (Lipinski definition) is 4. The zero-order chi connectivity index (χ0) is 14.3. The lowest BCUT2D eigenvalue weighted by Crippen LogP contribution is -2.47. The van der Waals surface area contributed by atoms with Gasteiger partial charge in [0.15, 0.2) is 5.16 Å². The fourth-order valence-electron chi connectivity index (χ4n) is 3.30. The van der Waals surface area contributed by atoms with Gasteiger partial charge in [-0.15, -0.1) is 0 Å². The van der Waals surface area contributed by atoms with Crippen molar-refractivity contribution in [3.8, 4) is 0 Å². The summed E-state index contributed by atoms with van der Waals surface area (Å²) >= 11 is 1.82. The molecule has 2 fully saturated rings. The quantitative estimate of drug-likeness (QED) is 0.795. The number of fused-ring (bicyclic) bond motifs is 1. The van der Waals surface area contributed by atoms with E-state index in [9.17, 15) is 5.11 Å². The van der Waals surface area contributed by atoms with Gasteiger partial charge in [-0.05, 0) is 44.2 Å². The van der Waals surface area contributed by atoms with E-state index in [2.05, 4.69) is 21.4 Å². The number of thioether (sulfide) groups is 1. The SMILES string of the molecule is OCC1(NC2CC2)CCC(Sc2nc3ccccc3[nH]2)C1. The van der Waals surface area contributed by atoms with Crippen molar-refractivity contribution in [2.75, 3.05) is 6.61 Å². The summed E-state index contributed by atoms with van der Waals surface area (Å²) in [5, 5.41) is 15.0. The zero-order valence-corrected chi connectivity index (χ0v) is 12.8. The first-order valence-corrected chi connectivity index (χ1v) is 8.64. The number of hydrogen-bond donors (Lipinski definition) is 3. The average Bonchev–Trinajstić information content (AvgIpc) is 3.07. The highest BCUT2D eigenvalue weighted by Gasteiger charge is 2.42. The minimum Gasteiger partial charge on any atom is -0.394 e. The Morgan fingerprint density at radius 3 is 2.95 bits per heavy atom. The van der Waals surface area contributed by atoms with Crippen molar-refractivity contribution in [2.24, 2.45) is 0 Å². The number of nitrogens with zero attached hydrogens (tertiary/aromatic N) is 1. The molecule has 2 atom stereocenters. The number of H-pyrrole nitrogens is 1. The van der Waals surface area contributed by atoms with E-state index >= 15 is 0 Å². The van der Waals surface area contributed by atoms with Crippen molar-refractivity contribution in [1.29, 1.82) is 0 Å². The van der Waals surface area contributed by atoms with E-state index < -0.39 is 0 Å². The highest BCUT2D eigenvalue weighted by molar-refractivity contribution is 7.99. The lowest BCUT2D eigenvalue weighted by atomic mass is 9.99. The highest BCUT2D eigenvalue weighted by Crippen LogP contribution is 2.41. The molecule has 0 amide bonds. The second kappa shape index (κ2) is 5.30. The molecule has 2 aliphatic rings. The average molecular weight is 303 g/mol. The first kappa shape index (κ1) is 13.6. The van der Waals surface area contributed by atoms with Gasteiger partial charge in [-0.3, -0.25) is 0 Å². The first-order valence-electron chi connectivity index (χ1n) is 7.76. The molecule has 5 heteroatoms. The fourth-order valence-corrected chi connectivity index (χ4v) is 4.58. The van der Waals surface area contributed by atoms with Gasteiger partial charge in [0, 0.05) is 16.8 Å². The molecular weight excluding hydrogens is 282 g/mol. The number of nitrogens with one attached hydrogen (secondary N) is 2. The largest absolute Gasteiger partial charge is 0.394 e. The Labute approximate surface area is 128 Å². The van der Waals surface area contributed by atoms with Gasteiger partial charge in [-0.25, -0.2) is 4.98 Å². The maximum Gasteiger partial charge on any atom is 0.166 e. The molecule has 4 nitrogen and oxygen atoms in total. The van der Waals surface area contributed by atoms with Crippen LogP contribution in [0.1, 0.15) is 32.1 Å². The summed E-state index contributed by atoms with van der Waals surface area (Å²) < 4.78 is 0. The van der Waals surface area contributed by atoms with Gasteiger partial charge in [0.25, 0.3) is 0 Å². The smallest absolute Gasteiger partial charge is 0.166 e. The van der Waals surface area contributed by atoms with Gasteiger partial charge in [0.05, 0.1) is 17.6 Å². The van der Waals surface area contributed by atoms with Crippen LogP contribution in [0.15, 0.2) is 29.4 Å². The van der Waals surface area contributed by atoms with Crippen LogP contribution in [0.25, 0.3) is 11.0 Å². The molecule has 0 bridgehead atoms. The van der Waals surface area contributed by atoms with E-state index in [0.29, 0.717) is 11.3 Å². The van der Waals surface area contributed by atoms with E-state index in [-0.39, 0.29) is 12.1 Å². The molecular formula is C16H21N3OS. The number of aliphatic hydroxyl groups excluding tert-OH is 1. The molecule has 0 saturated heterocycles. The summed E-state index contributed by atoms with van der Waals surface area (Å²) in [6.45, 7) is 0.251. The summed E-state index contributed by atoms with van der Waals surface area (Å²) in [5.41, 5.74) is 2.08. The summed E-state index contributed by atoms with van der Waals surface area (Å²) in [4.78, 5) is 8.04. The van der Waals surface area contributed by atoms with E-state index in [4.69, 9.17) is 0 Å². The molecule has 1 heterocycles. The van der Waals surface area contributed by atoms with Gasteiger partial charge in [-0.2, -0.15) is 0 Å². The zero-order valence-electron chi connectivity index (χ0n) is 12.0. The Kier molecular flexibility index (Phi) is 3.44. The third-order valence-corrected chi connectivity index (χ3v) is 5.75. The molecule has 2 unspecified atom stereocenters. The van der Waals surface area contributed by atoms with Crippen molar-refractivity contribution in [2.45, 2.75) is 54.1 Å². The summed E-state index contributed by atoms with van der Waals surface area (Å²) in [6, 6.07) is 8.79. The van der Waals surface area contributed by atoms with Gasteiger partial charge in [-0.1, -0.05) is 23.9 Å². The molecule has 3 N–H and O–H groups in total. The van der Waals surface area contributed by atoms with Gasteiger partial charge in [0.1, 0.15) is 0 Å². The molecule has 2 saturated carbocycles. The van der Waals surface area contributed by atoms with Crippen LogP contribution in [0, 0.1) is 0 Å². The molecule has 1 aromatic heterocycles. The maximum atomic E-state index is 9.80. The van der Waals surface area contributed by atoms with Gasteiger partial charge < -0.3 is 15.4 Å². The highest BCUT2D eigenvalue weighted by atomic mass is 32.2. The van der Waals surface area contributed by atoms with Crippen molar-refractivity contribution < 1.29 is 5.11 Å². The number of aliphatic hydroxyl groups is 1. The number of aromatic amines is 1. The fraction of sp³-hybridized carbons (Fsp3) is 0.562. The normalized spacial score (nSPS) is 29.3. The Morgan fingerprint density at radius 2 is 2.19 bits per heavy atom. The Hall–Kier alpha value is -1.04.